The molecule has 0 saturated heterocycles. The molecule has 194 valence electrons. The summed E-state index contributed by atoms with van der Waals surface area (Å²) in [5.74, 6) is -0.0737. The number of para-hydroxylation sites is 1. The normalized spacial score (nSPS) is 15.3. The van der Waals surface area contributed by atoms with Crippen molar-refractivity contribution in [3.63, 3.8) is 0 Å². The molecule has 38 heavy (non-hydrogen) atoms. The van der Waals surface area contributed by atoms with Crippen molar-refractivity contribution >= 4 is 35.0 Å². The van der Waals surface area contributed by atoms with Gasteiger partial charge in [0, 0.05) is 27.7 Å². The molecule has 7 nitrogen and oxygen atoms in total. The minimum absolute atomic E-state index is 0.259. The van der Waals surface area contributed by atoms with E-state index < -0.39 is 12.0 Å². The summed E-state index contributed by atoms with van der Waals surface area (Å²) in [6, 6.07) is 16.4. The third-order valence-electron chi connectivity index (χ3n) is 6.68. The van der Waals surface area contributed by atoms with Crippen LogP contribution in [0.25, 0.3) is 11.8 Å². The van der Waals surface area contributed by atoms with Gasteiger partial charge in [-0.25, -0.2) is 9.79 Å². The quantitative estimate of drug-likeness (QED) is 0.345. The molecule has 5 rings (SSSR count). The fraction of sp³-hybridized carbons (Fsp3) is 0.207. The average molecular weight is 548 g/mol. The maximum atomic E-state index is 13.9. The number of ether oxygens (including phenoxy) is 2. The number of methoxy groups -OCH3 is 2. The molecule has 0 bridgehead atoms. The second-order valence-corrected chi connectivity index (χ2v) is 10.4. The Balaban J connectivity index is 1.75. The minimum atomic E-state index is -0.814. The van der Waals surface area contributed by atoms with E-state index in [4.69, 9.17) is 21.1 Å². The van der Waals surface area contributed by atoms with Gasteiger partial charge in [0.2, 0.25) is 0 Å². The van der Waals surface area contributed by atoms with E-state index >= 15 is 0 Å². The number of nitrogens with zero attached hydrogens (tertiary/aromatic N) is 3. The Morgan fingerprint density at radius 3 is 2.50 bits per heavy atom. The minimum Gasteiger partial charge on any atom is -0.496 e. The Bertz CT molecular complexity index is 1780. The van der Waals surface area contributed by atoms with Crippen molar-refractivity contribution in [2.24, 2.45) is 4.99 Å². The number of allylic oxidation sites excluding steroid dienone is 1. The fourth-order valence-electron chi connectivity index (χ4n) is 4.96. The summed E-state index contributed by atoms with van der Waals surface area (Å²) < 4.78 is 14.9. The Hall–Kier alpha value is -3.88. The summed E-state index contributed by atoms with van der Waals surface area (Å²) in [4.78, 5) is 32.0. The molecule has 1 atom stereocenters. The maximum Gasteiger partial charge on any atom is 0.338 e. The summed E-state index contributed by atoms with van der Waals surface area (Å²) in [5, 5.41) is 0.454. The molecule has 1 aliphatic rings. The van der Waals surface area contributed by atoms with Crippen molar-refractivity contribution in [2.75, 3.05) is 14.2 Å². The highest BCUT2D eigenvalue weighted by Crippen LogP contribution is 2.37. The van der Waals surface area contributed by atoms with Crippen LogP contribution in [0.15, 0.2) is 75.7 Å². The Morgan fingerprint density at radius 1 is 1.08 bits per heavy atom. The van der Waals surface area contributed by atoms with E-state index in [0.29, 0.717) is 31.4 Å². The van der Waals surface area contributed by atoms with Crippen molar-refractivity contribution in [3.05, 3.63) is 113 Å². The first-order chi connectivity index (χ1) is 18.2. The lowest BCUT2D eigenvalue weighted by atomic mass is 9.95. The zero-order chi connectivity index (χ0) is 27.1. The summed E-state index contributed by atoms with van der Waals surface area (Å²) in [5.41, 5.74) is 5.08. The van der Waals surface area contributed by atoms with Gasteiger partial charge in [0.25, 0.3) is 5.56 Å². The number of carbonyl (C=O) groups is 1. The highest BCUT2D eigenvalue weighted by atomic mass is 35.5. The van der Waals surface area contributed by atoms with Crippen LogP contribution in [0.3, 0.4) is 0 Å². The number of aromatic nitrogens is 2. The summed E-state index contributed by atoms with van der Waals surface area (Å²) in [6.45, 7) is 5.80. The van der Waals surface area contributed by atoms with Gasteiger partial charge in [-0.1, -0.05) is 41.1 Å². The Labute approximate surface area is 228 Å². The number of carbonyl (C=O) groups excluding carboxylic acids is 1. The van der Waals surface area contributed by atoms with Crippen LogP contribution in [0.2, 0.25) is 5.02 Å². The lowest BCUT2D eigenvalue weighted by Crippen LogP contribution is -2.40. The smallest absolute Gasteiger partial charge is 0.338 e. The van der Waals surface area contributed by atoms with E-state index in [-0.39, 0.29) is 11.1 Å². The van der Waals surface area contributed by atoms with Crippen molar-refractivity contribution in [2.45, 2.75) is 26.8 Å². The molecule has 2 aromatic carbocycles. The number of benzene rings is 2. The zero-order valence-electron chi connectivity index (χ0n) is 21.6. The van der Waals surface area contributed by atoms with Crippen LogP contribution < -0.4 is 19.6 Å². The zero-order valence-corrected chi connectivity index (χ0v) is 23.2. The third-order valence-corrected chi connectivity index (χ3v) is 7.90. The first-order valence-electron chi connectivity index (χ1n) is 11.9. The van der Waals surface area contributed by atoms with Gasteiger partial charge in [-0.3, -0.25) is 9.36 Å². The van der Waals surface area contributed by atoms with Crippen molar-refractivity contribution in [1.29, 1.82) is 0 Å². The van der Waals surface area contributed by atoms with Crippen molar-refractivity contribution in [3.8, 4) is 11.4 Å². The largest absolute Gasteiger partial charge is 0.496 e. The summed E-state index contributed by atoms with van der Waals surface area (Å²) in [6.07, 6.45) is 1.88. The van der Waals surface area contributed by atoms with Gasteiger partial charge in [-0.15, -0.1) is 0 Å². The van der Waals surface area contributed by atoms with E-state index in [2.05, 4.69) is 15.6 Å². The second-order valence-electron chi connectivity index (χ2n) is 8.96. The van der Waals surface area contributed by atoms with Gasteiger partial charge >= 0.3 is 5.97 Å². The number of hydrogen-bond donors (Lipinski definition) is 0. The van der Waals surface area contributed by atoms with Gasteiger partial charge < -0.3 is 14.0 Å². The lowest BCUT2D eigenvalue weighted by molar-refractivity contribution is -0.136. The number of rotatable bonds is 5. The van der Waals surface area contributed by atoms with Crippen LogP contribution in [0, 0.1) is 13.8 Å². The molecule has 1 aliphatic heterocycles. The third kappa shape index (κ3) is 4.29. The first kappa shape index (κ1) is 25.8. The van der Waals surface area contributed by atoms with Crippen LogP contribution in [-0.4, -0.2) is 29.3 Å². The van der Waals surface area contributed by atoms with Crippen LogP contribution in [-0.2, 0) is 9.53 Å². The van der Waals surface area contributed by atoms with E-state index in [1.165, 1.54) is 30.1 Å². The molecular formula is C29H26ClN3O4S. The van der Waals surface area contributed by atoms with Crippen LogP contribution in [0.1, 0.15) is 35.5 Å². The molecular weight excluding hydrogens is 522 g/mol. The van der Waals surface area contributed by atoms with Gasteiger partial charge in [0.05, 0.1) is 30.0 Å². The standard InChI is InChI=1S/C29H26ClN3O4S/c1-16-13-19(18(3)32(16)21-9-7-6-8-10-21)14-24-27(34)33-26(22-15-20(30)11-12-23(22)36-4)25(28(35)37-5)17(2)31-29(33)38-24/h6-15,26H,1-5H3/b24-14-/t26-/m0/s1. The first-order valence-corrected chi connectivity index (χ1v) is 13.1. The molecule has 9 heteroatoms. The molecule has 0 unspecified atom stereocenters. The predicted octanol–water partition coefficient (Wildman–Crippen LogP) is 4.48. The van der Waals surface area contributed by atoms with Crippen LogP contribution in [0.5, 0.6) is 5.75 Å². The highest BCUT2D eigenvalue weighted by molar-refractivity contribution is 7.07. The molecule has 3 heterocycles. The SMILES string of the molecule is COC(=O)C1=C(C)N=c2s/c(=C\c3cc(C)n(-c4ccccc4)c3C)c(=O)n2[C@H]1c1cc(Cl)ccc1OC. The summed E-state index contributed by atoms with van der Waals surface area (Å²) >= 11 is 7.63. The number of hydrogen-bond acceptors (Lipinski definition) is 6. The Kier molecular flexibility index (Phi) is 6.86. The molecule has 0 saturated carbocycles. The second kappa shape index (κ2) is 10.1. The lowest BCUT2D eigenvalue weighted by Gasteiger charge is -2.25. The Morgan fingerprint density at radius 2 is 1.82 bits per heavy atom. The van der Waals surface area contributed by atoms with Crippen molar-refractivity contribution in [1.82, 2.24) is 9.13 Å². The highest BCUT2D eigenvalue weighted by Gasteiger charge is 2.35. The van der Waals surface area contributed by atoms with E-state index in [9.17, 15) is 9.59 Å². The van der Waals surface area contributed by atoms with Crippen LogP contribution >= 0.6 is 22.9 Å². The van der Waals surface area contributed by atoms with Gasteiger partial charge in [0.15, 0.2) is 4.80 Å². The number of aryl methyl sites for hydroxylation is 1. The molecule has 0 aliphatic carbocycles. The molecule has 4 aromatic rings. The molecule has 0 N–H and O–H groups in total. The van der Waals surface area contributed by atoms with Crippen molar-refractivity contribution < 1.29 is 14.3 Å². The monoisotopic (exact) mass is 547 g/mol. The van der Waals surface area contributed by atoms with Gasteiger partial charge in [-0.05, 0) is 68.8 Å². The molecule has 2 aromatic heterocycles. The average Bonchev–Trinajstić information content (AvgIpc) is 3.37. The topological polar surface area (TPSA) is 74.8 Å². The number of esters is 1. The molecule has 0 fully saturated rings. The number of halogens is 1. The molecule has 0 amide bonds. The molecule has 0 radical (unpaired) electrons. The fourth-order valence-corrected chi connectivity index (χ4v) is 6.17. The summed E-state index contributed by atoms with van der Waals surface area (Å²) in [7, 11) is 2.84. The van der Waals surface area contributed by atoms with Gasteiger partial charge in [0.1, 0.15) is 11.8 Å². The molecule has 0 spiro atoms. The van der Waals surface area contributed by atoms with E-state index in [0.717, 1.165) is 22.6 Å². The predicted molar refractivity (Wildman–Crippen MR) is 149 cm³/mol. The number of fused-ring (bicyclic) bond motifs is 1. The van der Waals surface area contributed by atoms with E-state index in [1.807, 2.05) is 50.3 Å². The van der Waals surface area contributed by atoms with Crippen LogP contribution in [0.4, 0.5) is 0 Å². The van der Waals surface area contributed by atoms with E-state index in [1.54, 1.807) is 25.1 Å². The number of thiazole rings is 1. The maximum absolute atomic E-state index is 13.9. The van der Waals surface area contributed by atoms with Gasteiger partial charge in [-0.2, -0.15) is 0 Å².